The second kappa shape index (κ2) is 3.53. The molecule has 0 aliphatic rings. The van der Waals surface area contributed by atoms with Crippen LogP contribution in [0.1, 0.15) is 34.6 Å². The Labute approximate surface area is 68.3 Å². The van der Waals surface area contributed by atoms with E-state index in [0.717, 1.165) is 5.92 Å². The number of hydrogen-bond acceptors (Lipinski definition) is 1. The SMILES string of the molecule is CCN([SiH3])C(C)(C)C(C)C. The number of hydrogen-bond donors (Lipinski definition) is 0. The van der Waals surface area contributed by atoms with Gasteiger partial charge in [-0.05, 0) is 26.3 Å². The highest BCUT2D eigenvalue weighted by Gasteiger charge is 2.25. The minimum absolute atomic E-state index is 0.404. The minimum atomic E-state index is 0.404. The van der Waals surface area contributed by atoms with Crippen molar-refractivity contribution in [2.45, 2.75) is 40.2 Å². The summed E-state index contributed by atoms with van der Waals surface area (Å²) in [7, 11) is 1.18. The molecule has 0 atom stereocenters. The lowest BCUT2D eigenvalue weighted by atomic mass is 9.91. The van der Waals surface area contributed by atoms with Crippen LogP contribution < -0.4 is 0 Å². The fourth-order valence-corrected chi connectivity index (χ4v) is 1.36. The van der Waals surface area contributed by atoms with E-state index in [1.54, 1.807) is 0 Å². The van der Waals surface area contributed by atoms with Gasteiger partial charge in [-0.25, -0.2) is 0 Å². The quantitative estimate of drug-likeness (QED) is 0.556. The molecule has 0 aliphatic heterocycles. The molecule has 0 saturated carbocycles. The molecule has 10 heavy (non-hydrogen) atoms. The highest BCUT2D eigenvalue weighted by molar-refractivity contribution is 6.04. The van der Waals surface area contributed by atoms with Gasteiger partial charge in [-0.3, -0.25) is 0 Å². The van der Waals surface area contributed by atoms with Crippen molar-refractivity contribution < 1.29 is 0 Å². The highest BCUT2D eigenvalue weighted by Crippen LogP contribution is 2.21. The molecule has 0 N–H and O–H groups in total. The van der Waals surface area contributed by atoms with E-state index in [4.69, 9.17) is 0 Å². The van der Waals surface area contributed by atoms with Gasteiger partial charge in [0.05, 0.1) is 10.4 Å². The van der Waals surface area contributed by atoms with Crippen LogP contribution in [-0.4, -0.2) is 27.1 Å². The first-order valence-corrected chi connectivity index (χ1v) is 5.03. The molecule has 0 aromatic heterocycles. The van der Waals surface area contributed by atoms with Gasteiger partial charge >= 0.3 is 0 Å². The second-order valence-corrected chi connectivity index (χ2v) is 4.90. The van der Waals surface area contributed by atoms with E-state index in [0.29, 0.717) is 5.54 Å². The van der Waals surface area contributed by atoms with Gasteiger partial charge in [-0.15, -0.1) is 0 Å². The maximum Gasteiger partial charge on any atom is 0.0791 e. The minimum Gasteiger partial charge on any atom is -0.327 e. The van der Waals surface area contributed by atoms with Gasteiger partial charge in [0.1, 0.15) is 0 Å². The average Bonchev–Trinajstić information content (AvgIpc) is 1.86. The first-order chi connectivity index (χ1) is 4.42. The summed E-state index contributed by atoms with van der Waals surface area (Å²) in [5.74, 6) is 0.755. The Bertz CT molecular complexity index is 99.4. The summed E-state index contributed by atoms with van der Waals surface area (Å²) < 4.78 is 2.53. The fraction of sp³-hybridized carbons (Fsp3) is 1.00. The van der Waals surface area contributed by atoms with E-state index in [1.807, 2.05) is 0 Å². The summed E-state index contributed by atoms with van der Waals surface area (Å²) in [4.78, 5) is 0. The van der Waals surface area contributed by atoms with Gasteiger partial charge in [-0.1, -0.05) is 20.8 Å². The third-order valence-corrected chi connectivity index (χ3v) is 4.66. The molecule has 1 nitrogen and oxygen atoms in total. The molecule has 0 unspecified atom stereocenters. The van der Waals surface area contributed by atoms with Crippen LogP contribution in [0.5, 0.6) is 0 Å². The topological polar surface area (TPSA) is 3.24 Å². The molecule has 0 aromatic rings. The van der Waals surface area contributed by atoms with Crippen LogP contribution >= 0.6 is 0 Å². The van der Waals surface area contributed by atoms with E-state index in [2.05, 4.69) is 39.2 Å². The molecule has 0 spiro atoms. The number of rotatable bonds is 3. The smallest absolute Gasteiger partial charge is 0.0791 e. The van der Waals surface area contributed by atoms with Gasteiger partial charge in [0.15, 0.2) is 0 Å². The summed E-state index contributed by atoms with van der Waals surface area (Å²) in [6, 6.07) is 0. The van der Waals surface area contributed by atoms with Gasteiger partial charge in [0, 0.05) is 5.54 Å². The molecule has 0 heterocycles. The van der Waals surface area contributed by atoms with Crippen LogP contribution in [0, 0.1) is 5.92 Å². The predicted octanol–water partition coefficient (Wildman–Crippen LogP) is 1.02. The Balaban J connectivity index is 4.09. The first-order valence-electron chi connectivity index (χ1n) is 4.14. The summed E-state index contributed by atoms with van der Waals surface area (Å²) in [5.41, 5.74) is 0.404. The van der Waals surface area contributed by atoms with Crippen molar-refractivity contribution in [1.29, 1.82) is 0 Å². The van der Waals surface area contributed by atoms with Crippen LogP contribution in [0.15, 0.2) is 0 Å². The van der Waals surface area contributed by atoms with Crippen molar-refractivity contribution in [2.24, 2.45) is 5.92 Å². The summed E-state index contributed by atoms with van der Waals surface area (Å²) in [5, 5.41) is 0. The molecule has 0 aromatic carbocycles. The molecule has 0 saturated heterocycles. The van der Waals surface area contributed by atoms with E-state index in [9.17, 15) is 0 Å². The van der Waals surface area contributed by atoms with E-state index >= 15 is 0 Å². The zero-order valence-electron chi connectivity index (χ0n) is 8.23. The lowest BCUT2D eigenvalue weighted by Gasteiger charge is -2.39. The molecule has 0 amide bonds. The van der Waals surface area contributed by atoms with Crippen molar-refractivity contribution in [3.63, 3.8) is 0 Å². The molecule has 62 valence electrons. The van der Waals surface area contributed by atoms with Crippen LogP contribution in [0.4, 0.5) is 0 Å². The van der Waals surface area contributed by atoms with Crippen molar-refractivity contribution >= 4 is 10.4 Å². The molecule has 0 aliphatic carbocycles. The summed E-state index contributed by atoms with van der Waals surface area (Å²) >= 11 is 0. The van der Waals surface area contributed by atoms with Crippen molar-refractivity contribution in [3.05, 3.63) is 0 Å². The van der Waals surface area contributed by atoms with Crippen LogP contribution in [0.3, 0.4) is 0 Å². The zero-order valence-corrected chi connectivity index (χ0v) is 10.2. The molecule has 0 bridgehead atoms. The monoisotopic (exact) mass is 159 g/mol. The Morgan fingerprint density at radius 2 is 1.80 bits per heavy atom. The summed E-state index contributed by atoms with van der Waals surface area (Å²) in [6.07, 6.45) is 0. The maximum absolute atomic E-state index is 2.53. The molecule has 0 radical (unpaired) electrons. The largest absolute Gasteiger partial charge is 0.327 e. The van der Waals surface area contributed by atoms with Gasteiger partial charge in [0.2, 0.25) is 0 Å². The van der Waals surface area contributed by atoms with Crippen molar-refractivity contribution in [1.82, 2.24) is 4.57 Å². The normalized spacial score (nSPS) is 13.5. The lowest BCUT2D eigenvalue weighted by Crippen LogP contribution is -2.46. The fourth-order valence-electron chi connectivity index (χ4n) is 0.848. The predicted molar refractivity (Wildman–Crippen MR) is 51.2 cm³/mol. The molecule has 0 fully saturated rings. The Morgan fingerprint density at radius 1 is 1.40 bits per heavy atom. The van der Waals surface area contributed by atoms with Crippen LogP contribution in [-0.2, 0) is 0 Å². The van der Waals surface area contributed by atoms with E-state index < -0.39 is 0 Å². The Kier molecular flexibility index (Phi) is 3.60. The van der Waals surface area contributed by atoms with Crippen molar-refractivity contribution in [3.8, 4) is 0 Å². The van der Waals surface area contributed by atoms with Crippen molar-refractivity contribution in [2.75, 3.05) is 6.54 Å². The van der Waals surface area contributed by atoms with Gasteiger partial charge in [-0.2, -0.15) is 0 Å². The molecule has 2 heteroatoms. The van der Waals surface area contributed by atoms with Gasteiger partial charge in [0.25, 0.3) is 0 Å². The second-order valence-electron chi connectivity index (χ2n) is 3.82. The standard InChI is InChI=1S/C8H21NSi/c1-6-9(10)8(4,5)7(2)3/h7H,6H2,1-5,10H3. The third-order valence-electron chi connectivity index (χ3n) is 2.87. The van der Waals surface area contributed by atoms with E-state index in [-0.39, 0.29) is 0 Å². The summed E-state index contributed by atoms with van der Waals surface area (Å²) in [6.45, 7) is 12.7. The maximum atomic E-state index is 2.53. The van der Waals surface area contributed by atoms with Crippen LogP contribution in [0.25, 0.3) is 0 Å². The Morgan fingerprint density at radius 3 is 1.90 bits per heavy atom. The zero-order chi connectivity index (χ0) is 8.36. The molecular formula is C8H21NSi. The third kappa shape index (κ3) is 2.10. The molecular weight excluding hydrogens is 138 g/mol. The Hall–Kier alpha value is 0.177. The number of nitrogens with zero attached hydrogens (tertiary/aromatic N) is 1. The van der Waals surface area contributed by atoms with Crippen LogP contribution in [0.2, 0.25) is 0 Å². The van der Waals surface area contributed by atoms with Gasteiger partial charge < -0.3 is 4.57 Å². The average molecular weight is 159 g/mol. The lowest BCUT2D eigenvalue weighted by molar-refractivity contribution is 0.177. The highest BCUT2D eigenvalue weighted by atomic mass is 28.2. The van der Waals surface area contributed by atoms with E-state index in [1.165, 1.54) is 16.9 Å². The molecule has 0 rings (SSSR count). The first kappa shape index (κ1) is 10.2.